The number of hydrogen-bond acceptors (Lipinski definition) is 4. The highest BCUT2D eigenvalue weighted by atomic mass is 19.1. The molecule has 2 N–H and O–H groups in total. The Morgan fingerprint density at radius 3 is 2.62 bits per heavy atom. The number of aromatic carboxylic acids is 1. The average molecular weight is 292 g/mol. The van der Waals surface area contributed by atoms with E-state index in [-0.39, 0.29) is 17.6 Å². The zero-order chi connectivity index (χ0) is 15.4. The molecule has 2 aromatic rings. The Kier molecular flexibility index (Phi) is 4.32. The molecule has 6 nitrogen and oxygen atoms in total. The molecule has 21 heavy (non-hydrogen) atoms. The first-order chi connectivity index (χ1) is 9.95. The number of carboxylic acids is 1. The number of rotatable bonds is 5. The van der Waals surface area contributed by atoms with Crippen molar-refractivity contribution in [1.82, 2.24) is 10.5 Å². The molecular weight excluding hydrogens is 279 g/mol. The Balaban J connectivity index is 1.95. The van der Waals surface area contributed by atoms with Gasteiger partial charge in [-0.05, 0) is 31.0 Å². The third-order valence-corrected chi connectivity index (χ3v) is 2.79. The van der Waals surface area contributed by atoms with Crippen LogP contribution >= 0.6 is 0 Å². The maximum atomic E-state index is 12.8. The van der Waals surface area contributed by atoms with Crippen molar-refractivity contribution in [2.45, 2.75) is 19.4 Å². The summed E-state index contributed by atoms with van der Waals surface area (Å²) in [6, 6.07) is 6.80. The van der Waals surface area contributed by atoms with Crippen LogP contribution in [-0.2, 0) is 6.42 Å². The van der Waals surface area contributed by atoms with Crippen LogP contribution in [0.5, 0.6) is 0 Å². The minimum absolute atomic E-state index is 0.0987. The summed E-state index contributed by atoms with van der Waals surface area (Å²) in [5, 5.41) is 14.7. The normalized spacial score (nSPS) is 11.9. The lowest BCUT2D eigenvalue weighted by Gasteiger charge is -2.12. The summed E-state index contributed by atoms with van der Waals surface area (Å²) in [4.78, 5) is 22.5. The molecule has 1 heterocycles. The number of carboxylic acid groups (broad SMARTS) is 1. The third-order valence-electron chi connectivity index (χ3n) is 2.79. The molecule has 1 atom stereocenters. The van der Waals surface area contributed by atoms with Gasteiger partial charge in [-0.15, -0.1) is 0 Å². The molecule has 1 aromatic carbocycles. The van der Waals surface area contributed by atoms with E-state index in [1.54, 1.807) is 19.1 Å². The molecule has 110 valence electrons. The van der Waals surface area contributed by atoms with Gasteiger partial charge in [0.1, 0.15) is 5.82 Å². The Labute approximate surface area is 119 Å². The Morgan fingerprint density at radius 1 is 1.38 bits per heavy atom. The van der Waals surface area contributed by atoms with Crippen LogP contribution in [0.1, 0.15) is 33.5 Å². The van der Waals surface area contributed by atoms with Crippen molar-refractivity contribution >= 4 is 11.9 Å². The summed E-state index contributed by atoms with van der Waals surface area (Å²) in [6.45, 7) is 1.78. The minimum atomic E-state index is -1.29. The van der Waals surface area contributed by atoms with Crippen LogP contribution in [0.2, 0.25) is 0 Å². The van der Waals surface area contributed by atoms with Gasteiger partial charge < -0.3 is 14.9 Å². The maximum Gasteiger partial charge on any atom is 0.374 e. The van der Waals surface area contributed by atoms with Crippen molar-refractivity contribution in [3.05, 3.63) is 53.2 Å². The molecule has 2 rings (SSSR count). The molecule has 0 saturated heterocycles. The van der Waals surface area contributed by atoms with E-state index < -0.39 is 17.6 Å². The Morgan fingerprint density at radius 2 is 2.05 bits per heavy atom. The van der Waals surface area contributed by atoms with E-state index in [0.29, 0.717) is 6.42 Å². The van der Waals surface area contributed by atoms with Gasteiger partial charge >= 0.3 is 5.97 Å². The van der Waals surface area contributed by atoms with E-state index in [1.807, 2.05) is 0 Å². The lowest BCUT2D eigenvalue weighted by atomic mass is 10.1. The molecule has 0 radical (unpaired) electrons. The molecule has 7 heteroatoms. The fraction of sp³-hybridized carbons (Fsp3) is 0.214. The highest BCUT2D eigenvalue weighted by molar-refractivity contribution is 5.94. The van der Waals surface area contributed by atoms with E-state index in [1.165, 1.54) is 12.1 Å². The van der Waals surface area contributed by atoms with Crippen molar-refractivity contribution in [3.8, 4) is 0 Å². The van der Waals surface area contributed by atoms with Crippen molar-refractivity contribution in [2.24, 2.45) is 0 Å². The molecule has 1 amide bonds. The van der Waals surface area contributed by atoms with Crippen LogP contribution in [0.4, 0.5) is 4.39 Å². The van der Waals surface area contributed by atoms with Gasteiger partial charge in [0.15, 0.2) is 5.69 Å². The van der Waals surface area contributed by atoms with E-state index in [9.17, 15) is 14.0 Å². The monoisotopic (exact) mass is 292 g/mol. The van der Waals surface area contributed by atoms with E-state index in [0.717, 1.165) is 11.6 Å². The fourth-order valence-electron chi connectivity index (χ4n) is 1.81. The van der Waals surface area contributed by atoms with Crippen LogP contribution in [-0.4, -0.2) is 28.2 Å². The first-order valence-corrected chi connectivity index (χ1v) is 6.21. The van der Waals surface area contributed by atoms with Gasteiger partial charge in [0.25, 0.3) is 5.91 Å². The van der Waals surface area contributed by atoms with Crippen molar-refractivity contribution in [1.29, 1.82) is 0 Å². The summed E-state index contributed by atoms with van der Waals surface area (Å²) in [6.07, 6.45) is 0.510. The molecule has 1 unspecified atom stereocenters. The summed E-state index contributed by atoms with van der Waals surface area (Å²) in [5.74, 6) is -2.53. The van der Waals surface area contributed by atoms with Gasteiger partial charge in [0.05, 0.1) is 0 Å². The van der Waals surface area contributed by atoms with Crippen molar-refractivity contribution in [2.75, 3.05) is 0 Å². The molecule has 0 saturated carbocycles. The van der Waals surface area contributed by atoms with Crippen molar-refractivity contribution < 1.29 is 23.6 Å². The number of hydrogen-bond donors (Lipinski definition) is 2. The van der Waals surface area contributed by atoms with Gasteiger partial charge in [-0.2, -0.15) is 0 Å². The lowest BCUT2D eigenvalue weighted by Crippen LogP contribution is -2.34. The number of carbonyl (C=O) groups is 2. The quantitative estimate of drug-likeness (QED) is 0.877. The Hall–Kier alpha value is -2.70. The second kappa shape index (κ2) is 6.17. The Bertz CT molecular complexity index is 651. The van der Waals surface area contributed by atoms with Crippen LogP contribution in [0.25, 0.3) is 0 Å². The predicted molar refractivity (Wildman–Crippen MR) is 70.5 cm³/mol. The van der Waals surface area contributed by atoms with E-state index in [4.69, 9.17) is 5.11 Å². The predicted octanol–water partition coefficient (Wildman–Crippen LogP) is 1.87. The topological polar surface area (TPSA) is 92.4 Å². The standard InChI is InChI=1S/C14H13FN2O4/c1-8(6-9-2-4-10(15)5-3-9)16-13(18)11-7-12(14(19)20)21-17-11/h2-5,7-8H,6H2,1H3,(H,16,18)(H,19,20). The van der Waals surface area contributed by atoms with Crippen LogP contribution in [0, 0.1) is 5.82 Å². The largest absolute Gasteiger partial charge is 0.475 e. The smallest absolute Gasteiger partial charge is 0.374 e. The number of nitrogens with zero attached hydrogens (tertiary/aromatic N) is 1. The second-order valence-electron chi connectivity index (χ2n) is 4.59. The lowest BCUT2D eigenvalue weighted by molar-refractivity contribution is 0.0651. The SMILES string of the molecule is CC(Cc1ccc(F)cc1)NC(=O)c1cc(C(=O)O)on1. The average Bonchev–Trinajstić information content (AvgIpc) is 2.91. The number of nitrogens with one attached hydrogen (secondary N) is 1. The highest BCUT2D eigenvalue weighted by Gasteiger charge is 2.18. The summed E-state index contributed by atoms with van der Waals surface area (Å²) < 4.78 is 17.3. The number of amides is 1. The molecule has 0 bridgehead atoms. The number of carbonyl (C=O) groups excluding carboxylic acids is 1. The fourth-order valence-corrected chi connectivity index (χ4v) is 1.81. The highest BCUT2D eigenvalue weighted by Crippen LogP contribution is 2.07. The number of halogens is 1. The van der Waals surface area contributed by atoms with Gasteiger partial charge in [0.2, 0.25) is 5.76 Å². The molecule has 1 aromatic heterocycles. The molecular formula is C14H13FN2O4. The van der Waals surface area contributed by atoms with Gasteiger partial charge in [-0.25, -0.2) is 9.18 Å². The first-order valence-electron chi connectivity index (χ1n) is 6.21. The second-order valence-corrected chi connectivity index (χ2v) is 4.59. The van der Waals surface area contributed by atoms with Crippen LogP contribution in [0.15, 0.2) is 34.9 Å². The van der Waals surface area contributed by atoms with Gasteiger partial charge in [0, 0.05) is 12.1 Å². The molecule has 0 fully saturated rings. The zero-order valence-corrected chi connectivity index (χ0v) is 11.2. The molecule has 0 aliphatic carbocycles. The summed E-state index contributed by atoms with van der Waals surface area (Å²) in [7, 11) is 0. The summed E-state index contributed by atoms with van der Waals surface area (Å²) in [5.41, 5.74) is 0.772. The first kappa shape index (κ1) is 14.7. The molecule has 0 spiro atoms. The van der Waals surface area contributed by atoms with E-state index >= 15 is 0 Å². The summed E-state index contributed by atoms with van der Waals surface area (Å²) >= 11 is 0. The van der Waals surface area contributed by atoms with E-state index in [2.05, 4.69) is 15.0 Å². The molecule has 0 aliphatic heterocycles. The van der Waals surface area contributed by atoms with Gasteiger partial charge in [-0.3, -0.25) is 4.79 Å². The maximum absolute atomic E-state index is 12.8. The zero-order valence-electron chi connectivity index (χ0n) is 11.2. The van der Waals surface area contributed by atoms with Crippen molar-refractivity contribution in [3.63, 3.8) is 0 Å². The minimum Gasteiger partial charge on any atom is -0.475 e. The van der Waals surface area contributed by atoms with Crippen LogP contribution < -0.4 is 5.32 Å². The molecule has 0 aliphatic rings. The van der Waals surface area contributed by atoms with Gasteiger partial charge in [-0.1, -0.05) is 17.3 Å². The third kappa shape index (κ3) is 3.88. The van der Waals surface area contributed by atoms with Crippen LogP contribution in [0.3, 0.4) is 0 Å². The number of benzene rings is 1. The number of aromatic nitrogens is 1.